The summed E-state index contributed by atoms with van der Waals surface area (Å²) in [7, 11) is 0. The molecule has 1 aromatic rings. The van der Waals surface area contributed by atoms with Gasteiger partial charge in [-0.25, -0.2) is 15.8 Å². The molecule has 108 valence electrons. The van der Waals surface area contributed by atoms with Gasteiger partial charge in [-0.1, -0.05) is 27.7 Å². The highest BCUT2D eigenvalue weighted by atomic mass is 32.2. The fourth-order valence-corrected chi connectivity index (χ4v) is 3.09. The predicted molar refractivity (Wildman–Crippen MR) is 82.4 cm³/mol. The Hall–Kier alpha value is -0.850. The smallest absolute Gasteiger partial charge is 0.147 e. The fourth-order valence-electron chi connectivity index (χ4n) is 1.94. The molecule has 1 rings (SSSR count). The van der Waals surface area contributed by atoms with E-state index in [0.29, 0.717) is 5.92 Å². The van der Waals surface area contributed by atoms with Crippen LogP contribution in [0.1, 0.15) is 39.2 Å². The van der Waals surface area contributed by atoms with Gasteiger partial charge in [-0.3, -0.25) is 0 Å². The van der Waals surface area contributed by atoms with E-state index in [4.69, 9.17) is 5.84 Å². The molecule has 19 heavy (non-hydrogen) atoms. The highest BCUT2D eigenvalue weighted by Gasteiger charge is 2.14. The first kappa shape index (κ1) is 16.2. The molecule has 0 fully saturated rings. The standard InChI is InChI=1S/C13H25N5S/c1-5-18(6-2)7-8-19-13-11(10(3)4)12(17-14)15-9-16-13/h9-10H,5-8,14H2,1-4H3,(H,15,16,17). The molecule has 0 atom stereocenters. The zero-order chi connectivity index (χ0) is 14.3. The van der Waals surface area contributed by atoms with E-state index in [1.165, 1.54) is 0 Å². The van der Waals surface area contributed by atoms with Crippen molar-refractivity contribution in [3.8, 4) is 0 Å². The Bertz CT molecular complexity index is 379. The lowest BCUT2D eigenvalue weighted by molar-refractivity contribution is 0.324. The molecule has 5 nitrogen and oxygen atoms in total. The summed E-state index contributed by atoms with van der Waals surface area (Å²) in [6.45, 7) is 11.9. The largest absolute Gasteiger partial charge is 0.308 e. The van der Waals surface area contributed by atoms with Crippen LogP contribution in [-0.4, -0.2) is 40.3 Å². The summed E-state index contributed by atoms with van der Waals surface area (Å²) in [5, 5.41) is 1.03. The summed E-state index contributed by atoms with van der Waals surface area (Å²) in [6, 6.07) is 0. The summed E-state index contributed by atoms with van der Waals surface area (Å²) in [4.78, 5) is 11.0. The SMILES string of the molecule is CCN(CC)CCSc1ncnc(NN)c1C(C)C. The molecule has 0 radical (unpaired) electrons. The van der Waals surface area contributed by atoms with Crippen molar-refractivity contribution in [2.45, 2.75) is 38.6 Å². The molecule has 0 aliphatic rings. The van der Waals surface area contributed by atoms with E-state index >= 15 is 0 Å². The molecular formula is C13H25N5S. The van der Waals surface area contributed by atoms with Gasteiger partial charge in [-0.2, -0.15) is 0 Å². The van der Waals surface area contributed by atoms with Gasteiger partial charge in [0.1, 0.15) is 17.2 Å². The second-order valence-corrected chi connectivity index (χ2v) is 5.70. The van der Waals surface area contributed by atoms with E-state index in [-0.39, 0.29) is 0 Å². The first-order valence-corrected chi connectivity index (χ1v) is 7.79. The first-order chi connectivity index (χ1) is 9.13. The van der Waals surface area contributed by atoms with E-state index in [9.17, 15) is 0 Å². The predicted octanol–water partition coefficient (Wildman–Crippen LogP) is 2.32. The molecule has 0 unspecified atom stereocenters. The number of hydrogen-bond acceptors (Lipinski definition) is 6. The maximum Gasteiger partial charge on any atom is 0.147 e. The molecule has 0 aromatic carbocycles. The van der Waals surface area contributed by atoms with Crippen molar-refractivity contribution in [1.82, 2.24) is 14.9 Å². The van der Waals surface area contributed by atoms with Crippen LogP contribution in [0.4, 0.5) is 5.82 Å². The Morgan fingerprint density at radius 2 is 2.00 bits per heavy atom. The minimum atomic E-state index is 0.350. The Morgan fingerprint density at radius 1 is 1.32 bits per heavy atom. The fraction of sp³-hybridized carbons (Fsp3) is 0.692. The molecule has 0 saturated heterocycles. The second-order valence-electron chi connectivity index (χ2n) is 4.62. The van der Waals surface area contributed by atoms with Crippen LogP contribution in [0, 0.1) is 0 Å². The lowest BCUT2D eigenvalue weighted by Crippen LogP contribution is -2.25. The Morgan fingerprint density at radius 3 is 2.53 bits per heavy atom. The third kappa shape index (κ3) is 4.63. The maximum absolute atomic E-state index is 5.52. The highest BCUT2D eigenvalue weighted by molar-refractivity contribution is 7.99. The number of anilines is 1. The molecule has 0 aliphatic heterocycles. The van der Waals surface area contributed by atoms with E-state index in [2.05, 4.69) is 48.0 Å². The van der Waals surface area contributed by atoms with Crippen LogP contribution in [0.15, 0.2) is 11.4 Å². The van der Waals surface area contributed by atoms with Crippen molar-refractivity contribution in [3.05, 3.63) is 11.9 Å². The molecule has 0 amide bonds. The monoisotopic (exact) mass is 283 g/mol. The maximum atomic E-state index is 5.52. The van der Waals surface area contributed by atoms with Crippen LogP contribution in [-0.2, 0) is 0 Å². The lowest BCUT2D eigenvalue weighted by atomic mass is 10.1. The molecule has 3 N–H and O–H groups in total. The summed E-state index contributed by atoms with van der Waals surface area (Å²) in [6.07, 6.45) is 1.57. The highest BCUT2D eigenvalue weighted by Crippen LogP contribution is 2.30. The zero-order valence-corrected chi connectivity index (χ0v) is 13.1. The van der Waals surface area contributed by atoms with Crippen LogP contribution in [0.5, 0.6) is 0 Å². The number of rotatable bonds is 8. The van der Waals surface area contributed by atoms with Gasteiger partial charge < -0.3 is 10.3 Å². The molecule has 1 heterocycles. The van der Waals surface area contributed by atoms with Crippen LogP contribution in [0.25, 0.3) is 0 Å². The molecule has 0 saturated carbocycles. The van der Waals surface area contributed by atoms with Crippen LogP contribution < -0.4 is 11.3 Å². The molecule has 1 aromatic heterocycles. The summed E-state index contributed by atoms with van der Waals surface area (Å²) in [5.74, 6) is 7.63. The number of nitrogens with zero attached hydrogens (tertiary/aromatic N) is 3. The van der Waals surface area contributed by atoms with Crippen LogP contribution in [0.3, 0.4) is 0 Å². The van der Waals surface area contributed by atoms with Crippen molar-refractivity contribution < 1.29 is 0 Å². The third-order valence-corrected chi connectivity index (χ3v) is 4.09. The quantitative estimate of drug-likeness (QED) is 0.330. The van der Waals surface area contributed by atoms with Crippen molar-refractivity contribution in [1.29, 1.82) is 0 Å². The Labute approximate surface area is 120 Å². The van der Waals surface area contributed by atoms with Gasteiger partial charge in [0.2, 0.25) is 0 Å². The molecular weight excluding hydrogens is 258 g/mol. The number of nitrogen functional groups attached to an aromatic ring is 1. The zero-order valence-electron chi connectivity index (χ0n) is 12.3. The first-order valence-electron chi connectivity index (χ1n) is 6.80. The minimum absolute atomic E-state index is 0.350. The van der Waals surface area contributed by atoms with Gasteiger partial charge in [0.25, 0.3) is 0 Å². The third-order valence-electron chi connectivity index (χ3n) is 3.10. The van der Waals surface area contributed by atoms with Crippen LogP contribution in [0.2, 0.25) is 0 Å². The van der Waals surface area contributed by atoms with E-state index in [1.54, 1.807) is 18.1 Å². The average Bonchev–Trinajstić information content (AvgIpc) is 2.42. The number of hydrazine groups is 1. The topological polar surface area (TPSA) is 67.1 Å². The lowest BCUT2D eigenvalue weighted by Gasteiger charge is -2.18. The van der Waals surface area contributed by atoms with E-state index < -0.39 is 0 Å². The molecule has 6 heteroatoms. The number of nitrogens with one attached hydrogen (secondary N) is 1. The van der Waals surface area contributed by atoms with Crippen molar-refractivity contribution >= 4 is 17.6 Å². The van der Waals surface area contributed by atoms with Gasteiger partial charge in [-0.05, 0) is 19.0 Å². The van der Waals surface area contributed by atoms with Gasteiger partial charge in [0, 0.05) is 17.9 Å². The van der Waals surface area contributed by atoms with Crippen molar-refractivity contribution in [2.75, 3.05) is 30.8 Å². The van der Waals surface area contributed by atoms with Gasteiger partial charge in [-0.15, -0.1) is 11.8 Å². The van der Waals surface area contributed by atoms with Crippen molar-refractivity contribution in [3.63, 3.8) is 0 Å². The number of hydrogen-bond donors (Lipinski definition) is 2. The van der Waals surface area contributed by atoms with E-state index in [0.717, 1.165) is 41.8 Å². The van der Waals surface area contributed by atoms with E-state index in [1.807, 2.05) is 0 Å². The molecule has 0 aliphatic carbocycles. The number of thioether (sulfide) groups is 1. The molecule has 0 bridgehead atoms. The van der Waals surface area contributed by atoms with Crippen LogP contribution >= 0.6 is 11.8 Å². The Kier molecular flexibility index (Phi) is 7.12. The normalized spacial score (nSPS) is 11.3. The van der Waals surface area contributed by atoms with Crippen molar-refractivity contribution in [2.24, 2.45) is 5.84 Å². The summed E-state index contributed by atoms with van der Waals surface area (Å²) in [5.41, 5.74) is 3.77. The average molecular weight is 283 g/mol. The minimum Gasteiger partial charge on any atom is -0.308 e. The molecule has 0 spiro atoms. The van der Waals surface area contributed by atoms with Gasteiger partial charge in [0.05, 0.1) is 0 Å². The number of aromatic nitrogens is 2. The van der Waals surface area contributed by atoms with Gasteiger partial charge >= 0.3 is 0 Å². The Balaban J connectivity index is 2.72. The second kappa shape index (κ2) is 8.35. The number of nitrogens with two attached hydrogens (primary N) is 1. The van der Waals surface area contributed by atoms with Gasteiger partial charge in [0.15, 0.2) is 0 Å². The summed E-state index contributed by atoms with van der Waals surface area (Å²) >= 11 is 1.78. The summed E-state index contributed by atoms with van der Waals surface area (Å²) < 4.78 is 0.